The topological polar surface area (TPSA) is 73.9 Å². The third kappa shape index (κ3) is 5.94. The van der Waals surface area contributed by atoms with Crippen molar-refractivity contribution < 1.29 is 32.6 Å². The SMILES string of the molecule is CCOc1cc(C(=O)OCC(=O)Nc2ccc(C)cc2C)ccc1OC(F)F. The van der Waals surface area contributed by atoms with Crippen LogP contribution in [0.25, 0.3) is 0 Å². The predicted octanol–water partition coefficient (Wildman–Crippen LogP) is 4.10. The van der Waals surface area contributed by atoms with E-state index < -0.39 is 25.1 Å². The number of hydrogen-bond acceptors (Lipinski definition) is 5. The Morgan fingerprint density at radius 1 is 1.07 bits per heavy atom. The van der Waals surface area contributed by atoms with Crippen LogP contribution in [0.1, 0.15) is 28.4 Å². The standard InChI is InChI=1S/C20H21F2NO5/c1-4-26-17-10-14(6-8-16(17)28-20(21)22)19(25)27-11-18(24)23-15-7-5-12(2)9-13(15)3/h5-10,20H,4,11H2,1-3H3,(H,23,24). The number of anilines is 1. The highest BCUT2D eigenvalue weighted by molar-refractivity contribution is 5.96. The summed E-state index contributed by atoms with van der Waals surface area (Å²) in [6.07, 6.45) is 0. The fraction of sp³-hybridized carbons (Fsp3) is 0.300. The number of aryl methyl sites for hydroxylation is 2. The Morgan fingerprint density at radius 3 is 2.46 bits per heavy atom. The number of rotatable bonds is 8. The van der Waals surface area contributed by atoms with Gasteiger partial charge in [-0.2, -0.15) is 8.78 Å². The van der Waals surface area contributed by atoms with Crippen LogP contribution in [0.2, 0.25) is 0 Å². The van der Waals surface area contributed by atoms with Crippen LogP contribution in [0, 0.1) is 13.8 Å². The molecular weight excluding hydrogens is 372 g/mol. The first-order chi connectivity index (χ1) is 13.3. The van der Waals surface area contributed by atoms with Crippen molar-refractivity contribution in [3.8, 4) is 11.5 Å². The monoisotopic (exact) mass is 393 g/mol. The number of hydrogen-bond donors (Lipinski definition) is 1. The van der Waals surface area contributed by atoms with Gasteiger partial charge in [0, 0.05) is 5.69 Å². The summed E-state index contributed by atoms with van der Waals surface area (Å²) in [5, 5.41) is 2.66. The molecule has 2 rings (SSSR count). The number of benzene rings is 2. The Labute approximate surface area is 161 Å². The van der Waals surface area contributed by atoms with E-state index >= 15 is 0 Å². The van der Waals surface area contributed by atoms with Crippen LogP contribution in [0.5, 0.6) is 11.5 Å². The molecule has 6 nitrogen and oxygen atoms in total. The zero-order valence-electron chi connectivity index (χ0n) is 15.8. The van der Waals surface area contributed by atoms with E-state index in [0.29, 0.717) is 5.69 Å². The molecule has 0 spiro atoms. The zero-order valence-corrected chi connectivity index (χ0v) is 15.8. The summed E-state index contributed by atoms with van der Waals surface area (Å²) in [5.41, 5.74) is 2.62. The molecule has 0 bridgehead atoms. The molecule has 0 aliphatic carbocycles. The Kier molecular flexibility index (Phi) is 7.31. The molecule has 1 N–H and O–H groups in total. The van der Waals surface area contributed by atoms with E-state index in [1.807, 2.05) is 26.0 Å². The second-order valence-corrected chi connectivity index (χ2v) is 5.92. The molecule has 0 unspecified atom stereocenters. The Balaban J connectivity index is 1.99. The summed E-state index contributed by atoms with van der Waals surface area (Å²) in [6, 6.07) is 9.20. The second-order valence-electron chi connectivity index (χ2n) is 5.92. The fourth-order valence-electron chi connectivity index (χ4n) is 2.45. The number of esters is 1. The van der Waals surface area contributed by atoms with Crippen LogP contribution in [0.4, 0.5) is 14.5 Å². The molecule has 0 heterocycles. The average molecular weight is 393 g/mol. The van der Waals surface area contributed by atoms with Crippen LogP contribution in [-0.2, 0) is 9.53 Å². The van der Waals surface area contributed by atoms with Crippen molar-refractivity contribution in [1.82, 2.24) is 0 Å². The van der Waals surface area contributed by atoms with Gasteiger partial charge in [-0.25, -0.2) is 4.79 Å². The maximum Gasteiger partial charge on any atom is 0.387 e. The van der Waals surface area contributed by atoms with E-state index in [2.05, 4.69) is 10.1 Å². The van der Waals surface area contributed by atoms with E-state index in [1.54, 1.807) is 13.0 Å². The first kappa shape index (κ1) is 21.1. The summed E-state index contributed by atoms with van der Waals surface area (Å²) < 4.78 is 39.4. The number of halogens is 2. The molecule has 28 heavy (non-hydrogen) atoms. The smallest absolute Gasteiger partial charge is 0.387 e. The van der Waals surface area contributed by atoms with Crippen LogP contribution < -0.4 is 14.8 Å². The van der Waals surface area contributed by atoms with E-state index in [0.717, 1.165) is 11.1 Å². The molecule has 0 aliphatic rings. The number of nitrogens with one attached hydrogen (secondary N) is 1. The lowest BCUT2D eigenvalue weighted by Crippen LogP contribution is -2.21. The molecule has 150 valence electrons. The molecule has 2 aromatic rings. The Bertz CT molecular complexity index is 854. The van der Waals surface area contributed by atoms with Gasteiger partial charge in [0.15, 0.2) is 18.1 Å². The van der Waals surface area contributed by atoms with Gasteiger partial charge < -0.3 is 19.5 Å². The average Bonchev–Trinajstić information content (AvgIpc) is 2.63. The van der Waals surface area contributed by atoms with Crippen LogP contribution in [0.3, 0.4) is 0 Å². The third-order valence-corrected chi connectivity index (χ3v) is 3.69. The van der Waals surface area contributed by atoms with Crippen molar-refractivity contribution in [3.05, 3.63) is 53.1 Å². The maximum absolute atomic E-state index is 12.4. The lowest BCUT2D eigenvalue weighted by molar-refractivity contribution is -0.119. The minimum atomic E-state index is -3.02. The summed E-state index contributed by atoms with van der Waals surface area (Å²) in [5.74, 6) is -1.50. The van der Waals surface area contributed by atoms with Gasteiger partial charge in [-0.05, 0) is 50.6 Å². The number of ether oxygens (including phenoxy) is 3. The van der Waals surface area contributed by atoms with E-state index in [9.17, 15) is 18.4 Å². The van der Waals surface area contributed by atoms with Gasteiger partial charge in [-0.3, -0.25) is 4.79 Å². The van der Waals surface area contributed by atoms with Gasteiger partial charge in [0.1, 0.15) is 0 Å². The van der Waals surface area contributed by atoms with Crippen molar-refractivity contribution in [1.29, 1.82) is 0 Å². The molecular formula is C20H21F2NO5. The fourth-order valence-corrected chi connectivity index (χ4v) is 2.45. The normalized spacial score (nSPS) is 10.5. The highest BCUT2D eigenvalue weighted by Crippen LogP contribution is 2.30. The number of carbonyl (C=O) groups is 2. The van der Waals surface area contributed by atoms with Gasteiger partial charge in [-0.1, -0.05) is 17.7 Å². The molecule has 0 atom stereocenters. The molecule has 0 fully saturated rings. The lowest BCUT2D eigenvalue weighted by Gasteiger charge is -2.13. The van der Waals surface area contributed by atoms with Crippen molar-refractivity contribution in [2.24, 2.45) is 0 Å². The number of alkyl halides is 2. The molecule has 0 radical (unpaired) electrons. The van der Waals surface area contributed by atoms with E-state index in [-0.39, 0.29) is 23.7 Å². The van der Waals surface area contributed by atoms with Gasteiger partial charge in [0.05, 0.1) is 12.2 Å². The maximum atomic E-state index is 12.4. The lowest BCUT2D eigenvalue weighted by atomic mass is 10.1. The predicted molar refractivity (Wildman–Crippen MR) is 99.1 cm³/mol. The second kappa shape index (κ2) is 9.68. The molecule has 8 heteroatoms. The van der Waals surface area contributed by atoms with E-state index in [4.69, 9.17) is 9.47 Å². The number of amides is 1. The van der Waals surface area contributed by atoms with Gasteiger partial charge in [0.2, 0.25) is 0 Å². The molecule has 2 aromatic carbocycles. The summed E-state index contributed by atoms with van der Waals surface area (Å²) >= 11 is 0. The van der Waals surface area contributed by atoms with Gasteiger partial charge in [-0.15, -0.1) is 0 Å². The summed E-state index contributed by atoms with van der Waals surface area (Å²) in [6.45, 7) is 2.13. The van der Waals surface area contributed by atoms with Crippen LogP contribution in [-0.4, -0.2) is 31.7 Å². The molecule has 0 saturated heterocycles. The molecule has 0 aromatic heterocycles. The highest BCUT2D eigenvalue weighted by Gasteiger charge is 2.16. The minimum Gasteiger partial charge on any atom is -0.490 e. The Hall–Kier alpha value is -3.16. The van der Waals surface area contributed by atoms with Gasteiger partial charge in [0.25, 0.3) is 5.91 Å². The first-order valence-electron chi connectivity index (χ1n) is 8.56. The number of carbonyl (C=O) groups excluding carboxylic acids is 2. The van der Waals surface area contributed by atoms with Gasteiger partial charge >= 0.3 is 12.6 Å². The van der Waals surface area contributed by atoms with Crippen molar-refractivity contribution in [2.45, 2.75) is 27.4 Å². The Morgan fingerprint density at radius 2 is 1.82 bits per heavy atom. The largest absolute Gasteiger partial charge is 0.490 e. The van der Waals surface area contributed by atoms with Crippen LogP contribution in [0.15, 0.2) is 36.4 Å². The third-order valence-electron chi connectivity index (χ3n) is 3.69. The summed E-state index contributed by atoms with van der Waals surface area (Å²) in [7, 11) is 0. The summed E-state index contributed by atoms with van der Waals surface area (Å²) in [4.78, 5) is 24.2. The zero-order chi connectivity index (χ0) is 20.7. The van der Waals surface area contributed by atoms with Crippen LogP contribution >= 0.6 is 0 Å². The molecule has 0 aliphatic heterocycles. The van der Waals surface area contributed by atoms with Crippen molar-refractivity contribution >= 4 is 17.6 Å². The minimum absolute atomic E-state index is 0.0167. The van der Waals surface area contributed by atoms with Crippen molar-refractivity contribution in [2.75, 3.05) is 18.5 Å². The molecule has 0 saturated carbocycles. The van der Waals surface area contributed by atoms with E-state index in [1.165, 1.54) is 18.2 Å². The first-order valence-corrected chi connectivity index (χ1v) is 8.56. The highest BCUT2D eigenvalue weighted by atomic mass is 19.3. The molecule has 1 amide bonds. The quantitative estimate of drug-likeness (QED) is 0.684. The van der Waals surface area contributed by atoms with Crippen molar-refractivity contribution in [3.63, 3.8) is 0 Å².